The third-order valence-electron chi connectivity index (χ3n) is 4.06. The molecule has 5 nitrogen and oxygen atoms in total. The molecule has 122 valence electrons. The maximum atomic E-state index is 11.8. The molecule has 2 heterocycles. The van der Waals surface area contributed by atoms with Crippen LogP contribution in [0.15, 0.2) is 28.0 Å². The lowest BCUT2D eigenvalue weighted by molar-refractivity contribution is 0.492. The lowest BCUT2D eigenvalue weighted by atomic mass is 10.3. The molecule has 1 aromatic rings. The molecule has 1 fully saturated rings. The van der Waals surface area contributed by atoms with Crippen molar-refractivity contribution < 1.29 is 0 Å². The molecule has 0 atom stereocenters. The van der Waals surface area contributed by atoms with E-state index in [9.17, 15) is 4.79 Å². The van der Waals surface area contributed by atoms with Gasteiger partial charge in [0, 0.05) is 44.5 Å². The summed E-state index contributed by atoms with van der Waals surface area (Å²) in [6, 6.07) is 5.43. The van der Waals surface area contributed by atoms with Gasteiger partial charge < -0.3 is 14.8 Å². The van der Waals surface area contributed by atoms with Crippen LogP contribution < -0.4 is 10.9 Å². The molecule has 1 aliphatic heterocycles. The Morgan fingerprint density at radius 1 is 1.27 bits per heavy atom. The van der Waals surface area contributed by atoms with Crippen molar-refractivity contribution in [3.8, 4) is 0 Å². The van der Waals surface area contributed by atoms with E-state index in [0.717, 1.165) is 57.2 Å². The summed E-state index contributed by atoms with van der Waals surface area (Å²) in [6.45, 7) is 8.83. The van der Waals surface area contributed by atoms with Crippen molar-refractivity contribution in [2.45, 2.75) is 46.1 Å². The normalized spacial score (nSPS) is 15.4. The molecule has 0 aromatic carbocycles. The quantitative estimate of drug-likeness (QED) is 0.497. The first-order valence-corrected chi connectivity index (χ1v) is 8.42. The predicted molar refractivity (Wildman–Crippen MR) is 91.5 cm³/mol. The average molecular weight is 304 g/mol. The SMILES string of the molecule is CCNC(=NCCCCn1c(C)cccc1=O)N1CCCC1. The second-order valence-corrected chi connectivity index (χ2v) is 5.79. The number of aromatic nitrogens is 1. The van der Waals surface area contributed by atoms with Gasteiger partial charge in [-0.25, -0.2) is 0 Å². The largest absolute Gasteiger partial charge is 0.357 e. The molecular formula is C17H28N4O. The molecule has 0 amide bonds. The number of likely N-dealkylation sites (tertiary alicyclic amines) is 1. The first-order valence-electron chi connectivity index (χ1n) is 8.42. The van der Waals surface area contributed by atoms with Gasteiger partial charge in [-0.3, -0.25) is 9.79 Å². The Bertz CT molecular complexity index is 544. The molecule has 0 saturated carbocycles. The van der Waals surface area contributed by atoms with Crippen LogP contribution in [0.1, 0.15) is 38.3 Å². The molecule has 22 heavy (non-hydrogen) atoms. The number of hydrogen-bond donors (Lipinski definition) is 1. The lowest BCUT2D eigenvalue weighted by Crippen LogP contribution is -2.39. The minimum Gasteiger partial charge on any atom is -0.357 e. The highest BCUT2D eigenvalue weighted by molar-refractivity contribution is 5.80. The summed E-state index contributed by atoms with van der Waals surface area (Å²) in [4.78, 5) is 18.8. The van der Waals surface area contributed by atoms with Gasteiger partial charge in [-0.2, -0.15) is 0 Å². The fourth-order valence-electron chi connectivity index (χ4n) is 2.83. The molecule has 0 radical (unpaired) electrons. The highest BCUT2D eigenvalue weighted by Crippen LogP contribution is 2.07. The van der Waals surface area contributed by atoms with Gasteiger partial charge >= 0.3 is 0 Å². The van der Waals surface area contributed by atoms with Crippen LogP contribution in [0.4, 0.5) is 0 Å². The van der Waals surface area contributed by atoms with Gasteiger partial charge in [0.2, 0.25) is 0 Å². The first kappa shape index (κ1) is 16.6. The summed E-state index contributed by atoms with van der Waals surface area (Å²) in [5.74, 6) is 1.05. The van der Waals surface area contributed by atoms with Crippen LogP contribution in [0.25, 0.3) is 0 Å². The predicted octanol–water partition coefficient (Wildman–Crippen LogP) is 2.00. The topological polar surface area (TPSA) is 49.6 Å². The molecule has 2 rings (SSSR count). The summed E-state index contributed by atoms with van der Waals surface area (Å²) in [5, 5.41) is 3.37. The maximum Gasteiger partial charge on any atom is 0.250 e. The van der Waals surface area contributed by atoms with Crippen LogP contribution >= 0.6 is 0 Å². The number of guanidine groups is 1. The van der Waals surface area contributed by atoms with E-state index >= 15 is 0 Å². The Balaban J connectivity index is 1.79. The number of pyridine rings is 1. The van der Waals surface area contributed by atoms with Crippen LogP contribution in [0, 0.1) is 6.92 Å². The molecular weight excluding hydrogens is 276 g/mol. The number of hydrogen-bond acceptors (Lipinski definition) is 2. The monoisotopic (exact) mass is 304 g/mol. The molecule has 0 spiro atoms. The van der Waals surface area contributed by atoms with Crippen LogP contribution in [-0.2, 0) is 6.54 Å². The number of aryl methyl sites for hydroxylation is 1. The number of nitrogens with one attached hydrogen (secondary N) is 1. The van der Waals surface area contributed by atoms with Crippen molar-refractivity contribution >= 4 is 5.96 Å². The van der Waals surface area contributed by atoms with E-state index in [2.05, 4.69) is 17.1 Å². The lowest BCUT2D eigenvalue weighted by Gasteiger charge is -2.20. The summed E-state index contributed by atoms with van der Waals surface area (Å²) < 4.78 is 1.84. The number of rotatable bonds is 6. The summed E-state index contributed by atoms with van der Waals surface area (Å²) in [7, 11) is 0. The fourth-order valence-corrected chi connectivity index (χ4v) is 2.83. The van der Waals surface area contributed by atoms with Gasteiger partial charge in [-0.15, -0.1) is 0 Å². The van der Waals surface area contributed by atoms with E-state index in [0.29, 0.717) is 0 Å². The van der Waals surface area contributed by atoms with Crippen molar-refractivity contribution in [1.82, 2.24) is 14.8 Å². The van der Waals surface area contributed by atoms with Crippen molar-refractivity contribution in [3.05, 3.63) is 34.2 Å². The summed E-state index contributed by atoms with van der Waals surface area (Å²) in [6.07, 6.45) is 4.51. The van der Waals surface area contributed by atoms with Crippen LogP contribution in [0.2, 0.25) is 0 Å². The van der Waals surface area contributed by atoms with Crippen molar-refractivity contribution in [3.63, 3.8) is 0 Å². The van der Waals surface area contributed by atoms with E-state index in [1.807, 2.05) is 23.6 Å². The van der Waals surface area contributed by atoms with Gasteiger partial charge in [0.1, 0.15) is 0 Å². The third kappa shape index (κ3) is 4.61. The minimum atomic E-state index is 0.0916. The molecule has 0 bridgehead atoms. The molecule has 1 saturated heterocycles. The molecule has 1 aliphatic rings. The first-order chi connectivity index (χ1) is 10.7. The zero-order valence-corrected chi connectivity index (χ0v) is 13.8. The van der Waals surface area contributed by atoms with E-state index in [-0.39, 0.29) is 5.56 Å². The number of nitrogens with zero attached hydrogens (tertiary/aromatic N) is 3. The van der Waals surface area contributed by atoms with Gasteiger partial charge in [0.05, 0.1) is 0 Å². The molecule has 1 N–H and O–H groups in total. The van der Waals surface area contributed by atoms with Crippen LogP contribution in [-0.4, -0.2) is 41.6 Å². The van der Waals surface area contributed by atoms with E-state index in [1.54, 1.807) is 6.07 Å². The second kappa shape index (κ2) is 8.61. The van der Waals surface area contributed by atoms with Crippen molar-refractivity contribution in [2.24, 2.45) is 4.99 Å². The summed E-state index contributed by atoms with van der Waals surface area (Å²) in [5.41, 5.74) is 1.12. The smallest absolute Gasteiger partial charge is 0.250 e. The highest BCUT2D eigenvalue weighted by atomic mass is 16.1. The molecule has 0 aliphatic carbocycles. The van der Waals surface area contributed by atoms with Crippen LogP contribution in [0.5, 0.6) is 0 Å². The van der Waals surface area contributed by atoms with Gasteiger partial charge in [-0.05, 0) is 45.6 Å². The third-order valence-corrected chi connectivity index (χ3v) is 4.06. The number of aliphatic imine (C=N–C) groups is 1. The minimum absolute atomic E-state index is 0.0916. The highest BCUT2D eigenvalue weighted by Gasteiger charge is 2.14. The van der Waals surface area contributed by atoms with E-state index in [1.165, 1.54) is 12.8 Å². The fraction of sp³-hybridized carbons (Fsp3) is 0.647. The standard InChI is InChI=1S/C17H28N4O/c1-3-18-17(20-12-6-7-13-20)19-11-4-5-14-21-15(2)9-8-10-16(21)22/h8-10H,3-7,11-14H2,1-2H3,(H,18,19). The number of unbranched alkanes of at least 4 members (excludes halogenated alkanes) is 1. The van der Waals surface area contributed by atoms with E-state index < -0.39 is 0 Å². The Labute approximate surface area is 133 Å². The summed E-state index contributed by atoms with van der Waals surface area (Å²) >= 11 is 0. The Kier molecular flexibility index (Phi) is 6.49. The van der Waals surface area contributed by atoms with Crippen molar-refractivity contribution in [2.75, 3.05) is 26.2 Å². The maximum absolute atomic E-state index is 11.8. The molecule has 5 heteroatoms. The second-order valence-electron chi connectivity index (χ2n) is 5.79. The van der Waals surface area contributed by atoms with Crippen LogP contribution in [0.3, 0.4) is 0 Å². The van der Waals surface area contributed by atoms with Crippen molar-refractivity contribution in [1.29, 1.82) is 0 Å². The Morgan fingerprint density at radius 2 is 2.05 bits per heavy atom. The Hall–Kier alpha value is -1.78. The zero-order valence-electron chi connectivity index (χ0n) is 13.8. The molecule has 1 aromatic heterocycles. The van der Waals surface area contributed by atoms with E-state index in [4.69, 9.17) is 4.99 Å². The van der Waals surface area contributed by atoms with Gasteiger partial charge in [0.25, 0.3) is 5.56 Å². The molecule has 0 unspecified atom stereocenters. The Morgan fingerprint density at radius 3 is 2.73 bits per heavy atom. The van der Waals surface area contributed by atoms with Gasteiger partial charge in [0.15, 0.2) is 5.96 Å². The average Bonchev–Trinajstić information content (AvgIpc) is 3.02. The zero-order chi connectivity index (χ0) is 15.8. The van der Waals surface area contributed by atoms with Gasteiger partial charge in [-0.1, -0.05) is 6.07 Å².